The number of carbonyl (C=O) groups excluding carboxylic acids is 1. The van der Waals surface area contributed by atoms with E-state index >= 15 is 0 Å². The summed E-state index contributed by atoms with van der Waals surface area (Å²) in [5.74, 6) is 0.561. The van der Waals surface area contributed by atoms with E-state index in [1.165, 1.54) is 19.3 Å². The van der Waals surface area contributed by atoms with Crippen LogP contribution in [-0.4, -0.2) is 29.3 Å². The van der Waals surface area contributed by atoms with Gasteiger partial charge in [-0.3, -0.25) is 9.79 Å². The lowest BCUT2D eigenvalue weighted by Gasteiger charge is -2.25. The second kappa shape index (κ2) is 9.03. The molecule has 0 spiro atoms. The Kier molecular flexibility index (Phi) is 6.49. The van der Waals surface area contributed by atoms with E-state index in [-0.39, 0.29) is 17.7 Å². The van der Waals surface area contributed by atoms with E-state index in [4.69, 9.17) is 0 Å². The van der Waals surface area contributed by atoms with Crippen molar-refractivity contribution >= 4 is 22.9 Å². The molecule has 1 saturated carbocycles. The summed E-state index contributed by atoms with van der Waals surface area (Å²) >= 11 is 0. The van der Waals surface area contributed by atoms with E-state index in [1.807, 2.05) is 30.3 Å². The van der Waals surface area contributed by atoms with Crippen molar-refractivity contribution in [2.24, 2.45) is 10.9 Å². The molecule has 2 N–H and O–H groups in total. The molecule has 0 saturated heterocycles. The molecule has 1 fully saturated rings. The predicted molar refractivity (Wildman–Crippen MR) is 111 cm³/mol. The standard InChI is InChI=1S/C23H30N2O2/c1-16(2)14-21(23(27)25-18-9-4-3-5-10-18)24-15-20-19-11-7-6-8-17(19)12-13-22(20)26/h6-8,11-13,15-16,18,21,26H,3-5,9-10,14H2,1-2H3,(H,25,27)/t21-/m0/s1. The molecule has 3 rings (SSSR count). The van der Waals surface area contributed by atoms with Gasteiger partial charge < -0.3 is 10.4 Å². The molecule has 4 nitrogen and oxygen atoms in total. The van der Waals surface area contributed by atoms with Gasteiger partial charge in [0.05, 0.1) is 0 Å². The van der Waals surface area contributed by atoms with Crippen LogP contribution in [0.3, 0.4) is 0 Å². The number of phenols is 1. The van der Waals surface area contributed by atoms with E-state index < -0.39 is 6.04 Å². The molecule has 0 heterocycles. The average molecular weight is 367 g/mol. The highest BCUT2D eigenvalue weighted by molar-refractivity contribution is 6.03. The zero-order valence-electron chi connectivity index (χ0n) is 16.3. The summed E-state index contributed by atoms with van der Waals surface area (Å²) in [7, 11) is 0. The van der Waals surface area contributed by atoms with Gasteiger partial charge in [0.1, 0.15) is 11.8 Å². The lowest BCUT2D eigenvalue weighted by atomic mass is 9.95. The van der Waals surface area contributed by atoms with Crippen LogP contribution in [0.1, 0.15) is 57.9 Å². The van der Waals surface area contributed by atoms with Crippen LogP contribution in [0.4, 0.5) is 0 Å². The van der Waals surface area contributed by atoms with Crippen LogP contribution in [0.2, 0.25) is 0 Å². The van der Waals surface area contributed by atoms with Crippen molar-refractivity contribution in [2.75, 3.05) is 0 Å². The first-order valence-corrected chi connectivity index (χ1v) is 10.1. The molecule has 0 aliphatic heterocycles. The van der Waals surface area contributed by atoms with Gasteiger partial charge in [-0.25, -0.2) is 0 Å². The molecule has 0 bridgehead atoms. The minimum Gasteiger partial charge on any atom is -0.507 e. The van der Waals surface area contributed by atoms with Crippen LogP contribution in [-0.2, 0) is 4.79 Å². The third kappa shape index (κ3) is 5.09. The molecular weight excluding hydrogens is 336 g/mol. The minimum absolute atomic E-state index is 0.00609. The van der Waals surface area contributed by atoms with Crippen LogP contribution < -0.4 is 5.32 Å². The molecule has 1 atom stereocenters. The van der Waals surface area contributed by atoms with Crippen molar-refractivity contribution in [1.29, 1.82) is 0 Å². The fourth-order valence-electron chi connectivity index (χ4n) is 3.81. The van der Waals surface area contributed by atoms with Crippen molar-refractivity contribution in [1.82, 2.24) is 5.32 Å². The van der Waals surface area contributed by atoms with E-state index in [0.717, 1.165) is 23.6 Å². The maximum atomic E-state index is 12.8. The third-order valence-electron chi connectivity index (χ3n) is 5.28. The number of phenolic OH excluding ortho intramolecular Hbond substituents is 1. The summed E-state index contributed by atoms with van der Waals surface area (Å²) < 4.78 is 0. The number of amides is 1. The molecule has 0 radical (unpaired) electrons. The lowest BCUT2D eigenvalue weighted by Crippen LogP contribution is -2.42. The zero-order valence-corrected chi connectivity index (χ0v) is 16.3. The topological polar surface area (TPSA) is 61.7 Å². The van der Waals surface area contributed by atoms with Crippen molar-refractivity contribution < 1.29 is 9.90 Å². The molecule has 0 unspecified atom stereocenters. The van der Waals surface area contributed by atoms with Gasteiger partial charge >= 0.3 is 0 Å². The number of aromatic hydroxyl groups is 1. The Morgan fingerprint density at radius 1 is 1.19 bits per heavy atom. The van der Waals surface area contributed by atoms with Gasteiger partial charge in [0.2, 0.25) is 5.91 Å². The Bertz CT molecular complexity index is 807. The Labute approximate surface area is 161 Å². The van der Waals surface area contributed by atoms with Crippen LogP contribution in [0.15, 0.2) is 41.4 Å². The molecule has 2 aromatic carbocycles. The van der Waals surface area contributed by atoms with Crippen LogP contribution in [0.25, 0.3) is 10.8 Å². The summed E-state index contributed by atoms with van der Waals surface area (Å²) in [4.78, 5) is 17.4. The van der Waals surface area contributed by atoms with E-state index in [0.29, 0.717) is 17.9 Å². The summed E-state index contributed by atoms with van der Waals surface area (Å²) in [5, 5.41) is 15.5. The maximum absolute atomic E-state index is 12.8. The Balaban J connectivity index is 1.81. The molecule has 1 aliphatic carbocycles. The van der Waals surface area contributed by atoms with E-state index in [1.54, 1.807) is 12.3 Å². The summed E-state index contributed by atoms with van der Waals surface area (Å²) in [5.41, 5.74) is 0.673. The second-order valence-corrected chi connectivity index (χ2v) is 7.99. The van der Waals surface area contributed by atoms with Gasteiger partial charge in [0, 0.05) is 17.8 Å². The summed E-state index contributed by atoms with van der Waals surface area (Å²) in [6.45, 7) is 4.21. The molecule has 144 valence electrons. The first kappa shape index (κ1) is 19.4. The van der Waals surface area contributed by atoms with E-state index in [9.17, 15) is 9.90 Å². The highest BCUT2D eigenvalue weighted by atomic mass is 16.3. The first-order valence-electron chi connectivity index (χ1n) is 10.1. The number of carbonyl (C=O) groups is 1. The van der Waals surface area contributed by atoms with Gasteiger partial charge in [-0.15, -0.1) is 0 Å². The number of hydrogen-bond donors (Lipinski definition) is 2. The number of benzene rings is 2. The van der Waals surface area contributed by atoms with Crippen LogP contribution in [0, 0.1) is 5.92 Å². The highest BCUT2D eigenvalue weighted by Crippen LogP contribution is 2.26. The molecule has 4 heteroatoms. The summed E-state index contributed by atoms with van der Waals surface area (Å²) in [6, 6.07) is 11.3. The quantitative estimate of drug-likeness (QED) is 0.720. The minimum atomic E-state index is -0.426. The monoisotopic (exact) mass is 366 g/mol. The molecule has 2 aromatic rings. The van der Waals surface area contributed by atoms with Gasteiger partial charge in [0.25, 0.3) is 0 Å². The van der Waals surface area contributed by atoms with Crippen molar-refractivity contribution in [2.45, 2.75) is 64.5 Å². The molecule has 0 aromatic heterocycles. The molecule has 1 aliphatic rings. The summed E-state index contributed by atoms with van der Waals surface area (Å²) in [6.07, 6.45) is 8.13. The smallest absolute Gasteiger partial charge is 0.245 e. The number of nitrogens with one attached hydrogen (secondary N) is 1. The van der Waals surface area contributed by atoms with Gasteiger partial charge in [-0.1, -0.05) is 63.4 Å². The maximum Gasteiger partial charge on any atom is 0.245 e. The van der Waals surface area contributed by atoms with Gasteiger partial charge in [-0.05, 0) is 42.0 Å². The fraction of sp³-hybridized carbons (Fsp3) is 0.478. The number of rotatable bonds is 6. The van der Waals surface area contributed by atoms with Gasteiger partial charge in [-0.2, -0.15) is 0 Å². The lowest BCUT2D eigenvalue weighted by molar-refractivity contribution is -0.123. The fourth-order valence-corrected chi connectivity index (χ4v) is 3.81. The first-order chi connectivity index (χ1) is 13.0. The highest BCUT2D eigenvalue weighted by Gasteiger charge is 2.23. The Morgan fingerprint density at radius 3 is 2.67 bits per heavy atom. The number of nitrogens with zero attached hydrogens (tertiary/aromatic N) is 1. The number of aliphatic imine (C=N–C) groups is 1. The zero-order chi connectivity index (χ0) is 19.2. The third-order valence-corrected chi connectivity index (χ3v) is 5.28. The van der Waals surface area contributed by atoms with Gasteiger partial charge in [0.15, 0.2) is 0 Å². The van der Waals surface area contributed by atoms with Crippen molar-refractivity contribution in [3.63, 3.8) is 0 Å². The van der Waals surface area contributed by atoms with Crippen molar-refractivity contribution in [3.05, 3.63) is 42.0 Å². The number of fused-ring (bicyclic) bond motifs is 1. The Hall–Kier alpha value is -2.36. The van der Waals surface area contributed by atoms with Crippen molar-refractivity contribution in [3.8, 4) is 5.75 Å². The van der Waals surface area contributed by atoms with Crippen LogP contribution >= 0.6 is 0 Å². The average Bonchev–Trinajstić information content (AvgIpc) is 2.66. The second-order valence-electron chi connectivity index (χ2n) is 7.99. The van der Waals surface area contributed by atoms with Crippen LogP contribution in [0.5, 0.6) is 5.75 Å². The Morgan fingerprint density at radius 2 is 1.93 bits per heavy atom. The SMILES string of the molecule is CC(C)C[C@H](N=Cc1c(O)ccc2ccccc12)C(=O)NC1CCCCC1. The predicted octanol–water partition coefficient (Wildman–Crippen LogP) is 4.83. The van der Waals surface area contributed by atoms with E-state index in [2.05, 4.69) is 24.2 Å². The number of hydrogen-bond acceptors (Lipinski definition) is 3. The molecular formula is C23H30N2O2. The molecule has 27 heavy (non-hydrogen) atoms. The largest absolute Gasteiger partial charge is 0.507 e. The normalized spacial score (nSPS) is 16.9. The molecule has 1 amide bonds.